The number of alkyl halides is 4. The van der Waals surface area contributed by atoms with Crippen molar-refractivity contribution >= 4 is 26.9 Å². The number of hydrogen-bond donors (Lipinski definition) is 0. The SMILES string of the molecule is O=C(OCCC(F)(F)C(F)(F)S(=O)(=O)[O-])c1ccc2ccccc2c1. The van der Waals surface area contributed by atoms with Crippen LogP contribution in [0.25, 0.3) is 10.8 Å². The first-order valence-corrected chi connectivity index (χ1v) is 8.23. The number of esters is 1. The van der Waals surface area contributed by atoms with Crippen LogP contribution in [0.15, 0.2) is 42.5 Å². The molecule has 0 fully saturated rings. The first-order valence-electron chi connectivity index (χ1n) is 6.83. The molecule has 5 nitrogen and oxygen atoms in total. The van der Waals surface area contributed by atoms with Gasteiger partial charge in [0.05, 0.1) is 18.6 Å². The summed E-state index contributed by atoms with van der Waals surface area (Å²) in [6.07, 6.45) is -1.82. The molecule has 0 aliphatic carbocycles. The molecule has 10 heteroatoms. The predicted octanol–water partition coefficient (Wildman–Crippen LogP) is 3.16. The molecule has 0 saturated heterocycles. The van der Waals surface area contributed by atoms with Crippen molar-refractivity contribution in [1.82, 2.24) is 0 Å². The van der Waals surface area contributed by atoms with Gasteiger partial charge in [-0.15, -0.1) is 0 Å². The lowest BCUT2D eigenvalue weighted by Crippen LogP contribution is -2.47. The molecule has 2 rings (SSSR count). The minimum Gasteiger partial charge on any atom is -0.743 e. The Morgan fingerprint density at radius 1 is 1.04 bits per heavy atom. The van der Waals surface area contributed by atoms with E-state index in [1.165, 1.54) is 12.1 Å². The molecule has 0 aliphatic rings. The lowest BCUT2D eigenvalue weighted by molar-refractivity contribution is -0.168. The van der Waals surface area contributed by atoms with Gasteiger partial charge in [0.2, 0.25) is 0 Å². The molecule has 0 bridgehead atoms. The van der Waals surface area contributed by atoms with Crippen LogP contribution in [0.5, 0.6) is 0 Å². The number of rotatable bonds is 6. The van der Waals surface area contributed by atoms with Gasteiger partial charge in [-0.1, -0.05) is 30.3 Å². The first kappa shape index (κ1) is 19.1. The van der Waals surface area contributed by atoms with Crippen LogP contribution in [0, 0.1) is 0 Å². The molecule has 0 saturated carbocycles. The average Bonchev–Trinajstić information content (AvgIpc) is 2.52. The number of carbonyl (C=O) groups excluding carboxylic acids is 1. The Kier molecular flexibility index (Phi) is 5.05. The molecule has 0 amide bonds. The summed E-state index contributed by atoms with van der Waals surface area (Å²) in [7, 11) is -6.56. The summed E-state index contributed by atoms with van der Waals surface area (Å²) in [5.41, 5.74) is 0.00484. The summed E-state index contributed by atoms with van der Waals surface area (Å²) < 4.78 is 87.6. The van der Waals surface area contributed by atoms with E-state index in [0.29, 0.717) is 5.39 Å². The van der Waals surface area contributed by atoms with Gasteiger partial charge >= 0.3 is 17.1 Å². The van der Waals surface area contributed by atoms with Crippen LogP contribution >= 0.6 is 0 Å². The van der Waals surface area contributed by atoms with Gasteiger partial charge in [-0.3, -0.25) is 0 Å². The first-order chi connectivity index (χ1) is 11.5. The van der Waals surface area contributed by atoms with E-state index in [9.17, 15) is 35.3 Å². The molecular weight excluding hydrogens is 368 g/mol. The molecular formula is C15H11F4O5S-. The molecule has 0 radical (unpaired) electrons. The molecule has 0 unspecified atom stereocenters. The highest BCUT2D eigenvalue weighted by Crippen LogP contribution is 2.40. The molecule has 0 atom stereocenters. The Hall–Kier alpha value is -2.20. The van der Waals surface area contributed by atoms with Crippen molar-refractivity contribution in [3.05, 3.63) is 48.0 Å². The maximum Gasteiger partial charge on any atom is 0.396 e. The molecule has 0 spiro atoms. The monoisotopic (exact) mass is 379 g/mol. The summed E-state index contributed by atoms with van der Waals surface area (Å²) in [4.78, 5) is 11.8. The molecule has 25 heavy (non-hydrogen) atoms. The number of benzene rings is 2. The van der Waals surface area contributed by atoms with Gasteiger partial charge in [0.25, 0.3) is 0 Å². The van der Waals surface area contributed by atoms with Crippen LogP contribution in [-0.4, -0.2) is 36.7 Å². The zero-order valence-corrected chi connectivity index (χ0v) is 13.2. The molecule has 0 aromatic heterocycles. The Morgan fingerprint density at radius 2 is 1.64 bits per heavy atom. The predicted molar refractivity (Wildman–Crippen MR) is 78.4 cm³/mol. The fourth-order valence-corrected chi connectivity index (χ4v) is 2.47. The van der Waals surface area contributed by atoms with E-state index in [1.54, 1.807) is 30.3 Å². The van der Waals surface area contributed by atoms with Crippen LogP contribution in [-0.2, 0) is 14.9 Å². The molecule has 2 aromatic carbocycles. The third-order valence-electron chi connectivity index (χ3n) is 3.37. The van der Waals surface area contributed by atoms with E-state index in [4.69, 9.17) is 0 Å². The number of fused-ring (bicyclic) bond motifs is 1. The molecule has 0 aliphatic heterocycles. The lowest BCUT2D eigenvalue weighted by Gasteiger charge is -2.28. The highest BCUT2D eigenvalue weighted by Gasteiger charge is 2.61. The van der Waals surface area contributed by atoms with Gasteiger partial charge < -0.3 is 9.29 Å². The van der Waals surface area contributed by atoms with Gasteiger partial charge in [-0.25, -0.2) is 13.2 Å². The standard InChI is InChI=1S/C15H12F4O5S/c16-14(17,15(18,19)25(21,22)23)7-8-24-13(20)12-6-5-10-3-1-2-4-11(10)9-12/h1-6,9H,7-8H2,(H,21,22,23)/p-1. The van der Waals surface area contributed by atoms with Crippen LogP contribution in [0.4, 0.5) is 17.6 Å². The second kappa shape index (κ2) is 6.60. The Labute approximate surface area is 140 Å². The Balaban J connectivity index is 2.04. The second-order valence-electron chi connectivity index (χ2n) is 5.12. The highest BCUT2D eigenvalue weighted by molar-refractivity contribution is 7.86. The minimum absolute atomic E-state index is 0.00484. The quantitative estimate of drug-likeness (QED) is 0.437. The van der Waals surface area contributed by atoms with E-state index in [0.717, 1.165) is 5.39 Å². The van der Waals surface area contributed by atoms with E-state index in [2.05, 4.69) is 4.74 Å². The Morgan fingerprint density at radius 3 is 2.24 bits per heavy atom. The van der Waals surface area contributed by atoms with Gasteiger partial charge in [0.15, 0.2) is 10.1 Å². The minimum atomic E-state index is -6.56. The van der Waals surface area contributed by atoms with Crippen molar-refractivity contribution in [3.63, 3.8) is 0 Å². The second-order valence-corrected chi connectivity index (χ2v) is 6.54. The zero-order chi connectivity index (χ0) is 18.9. The third-order valence-corrected chi connectivity index (χ3v) is 4.30. The van der Waals surface area contributed by atoms with Gasteiger partial charge in [-0.2, -0.15) is 17.6 Å². The summed E-state index contributed by atoms with van der Waals surface area (Å²) in [6.45, 7) is -1.19. The molecule has 0 heterocycles. The number of hydrogen-bond acceptors (Lipinski definition) is 5. The van der Waals surface area contributed by atoms with E-state index in [-0.39, 0.29) is 5.56 Å². The van der Waals surface area contributed by atoms with Crippen molar-refractivity contribution in [2.45, 2.75) is 17.6 Å². The number of carbonyl (C=O) groups is 1. The largest absolute Gasteiger partial charge is 0.743 e. The third kappa shape index (κ3) is 3.90. The van der Waals surface area contributed by atoms with Crippen molar-refractivity contribution in [2.75, 3.05) is 6.61 Å². The normalized spacial score (nSPS) is 13.0. The van der Waals surface area contributed by atoms with Crippen molar-refractivity contribution in [3.8, 4) is 0 Å². The smallest absolute Gasteiger partial charge is 0.396 e. The zero-order valence-electron chi connectivity index (χ0n) is 12.4. The topological polar surface area (TPSA) is 83.5 Å². The van der Waals surface area contributed by atoms with E-state index < -0.39 is 40.3 Å². The van der Waals surface area contributed by atoms with Crippen LogP contribution < -0.4 is 0 Å². The number of ether oxygens (including phenoxy) is 1. The van der Waals surface area contributed by atoms with Gasteiger partial charge in [-0.05, 0) is 22.9 Å². The fourth-order valence-electron chi connectivity index (χ4n) is 2.00. The van der Waals surface area contributed by atoms with Crippen molar-refractivity contribution in [1.29, 1.82) is 0 Å². The van der Waals surface area contributed by atoms with Crippen LogP contribution in [0.2, 0.25) is 0 Å². The fraction of sp³-hybridized carbons (Fsp3) is 0.267. The maximum atomic E-state index is 13.2. The maximum absolute atomic E-state index is 13.2. The summed E-state index contributed by atoms with van der Waals surface area (Å²) in [5.74, 6) is -6.22. The van der Waals surface area contributed by atoms with E-state index >= 15 is 0 Å². The molecule has 2 aromatic rings. The molecule has 136 valence electrons. The summed E-state index contributed by atoms with van der Waals surface area (Å²) >= 11 is 0. The summed E-state index contributed by atoms with van der Waals surface area (Å²) in [5, 5.41) is -4.31. The lowest BCUT2D eigenvalue weighted by atomic mass is 10.1. The van der Waals surface area contributed by atoms with Crippen LogP contribution in [0.1, 0.15) is 16.8 Å². The molecule has 0 N–H and O–H groups in total. The van der Waals surface area contributed by atoms with E-state index in [1.807, 2.05) is 0 Å². The van der Waals surface area contributed by atoms with Crippen molar-refractivity contribution in [2.24, 2.45) is 0 Å². The number of halogens is 4. The van der Waals surface area contributed by atoms with Gasteiger partial charge in [0.1, 0.15) is 0 Å². The average molecular weight is 379 g/mol. The van der Waals surface area contributed by atoms with Crippen molar-refractivity contribution < 1.29 is 40.1 Å². The van der Waals surface area contributed by atoms with Crippen LogP contribution in [0.3, 0.4) is 0 Å². The Bertz CT molecular complexity index is 896. The summed E-state index contributed by atoms with van der Waals surface area (Å²) in [6, 6.07) is 11.3. The highest BCUT2D eigenvalue weighted by atomic mass is 32.2. The van der Waals surface area contributed by atoms with Gasteiger partial charge in [0, 0.05) is 0 Å².